The van der Waals surface area contributed by atoms with Gasteiger partial charge in [0.05, 0.1) is 6.10 Å². The van der Waals surface area contributed by atoms with Crippen molar-refractivity contribution in [2.24, 2.45) is 0 Å². The number of pyridine rings is 1. The number of thiophene rings is 1. The second kappa shape index (κ2) is 5.05. The fourth-order valence-electron chi connectivity index (χ4n) is 1.49. The Kier molecular flexibility index (Phi) is 3.48. The van der Waals surface area contributed by atoms with Crippen LogP contribution < -0.4 is 0 Å². The van der Waals surface area contributed by atoms with Gasteiger partial charge in [0.15, 0.2) is 0 Å². The van der Waals surface area contributed by atoms with Crippen molar-refractivity contribution in [3.05, 3.63) is 52.5 Å². The Morgan fingerprint density at radius 3 is 2.80 bits per heavy atom. The van der Waals surface area contributed by atoms with Crippen LogP contribution in [0.1, 0.15) is 10.6 Å². The van der Waals surface area contributed by atoms with Crippen LogP contribution in [0.2, 0.25) is 0 Å². The molecule has 2 aromatic rings. The van der Waals surface area contributed by atoms with E-state index in [9.17, 15) is 5.11 Å². The number of hydrogen-bond donors (Lipinski definition) is 1. The van der Waals surface area contributed by atoms with E-state index in [0.29, 0.717) is 12.8 Å². The number of aliphatic hydroxyl groups is 1. The first-order chi connectivity index (χ1) is 7.34. The van der Waals surface area contributed by atoms with Crippen LogP contribution in [0, 0.1) is 0 Å². The molecule has 1 unspecified atom stereocenters. The average molecular weight is 219 g/mol. The molecule has 0 amide bonds. The van der Waals surface area contributed by atoms with Gasteiger partial charge in [0.25, 0.3) is 0 Å². The van der Waals surface area contributed by atoms with Crippen molar-refractivity contribution in [1.82, 2.24) is 4.98 Å². The number of aliphatic hydroxyl groups excluding tert-OH is 1. The minimum atomic E-state index is -0.335. The summed E-state index contributed by atoms with van der Waals surface area (Å²) in [5.41, 5.74) is 0.946. The van der Waals surface area contributed by atoms with E-state index in [1.807, 2.05) is 35.7 Å². The second-order valence-electron chi connectivity index (χ2n) is 3.46. The van der Waals surface area contributed by atoms with Gasteiger partial charge in [0.1, 0.15) is 0 Å². The van der Waals surface area contributed by atoms with Gasteiger partial charge in [0.2, 0.25) is 0 Å². The first-order valence-corrected chi connectivity index (χ1v) is 5.83. The van der Waals surface area contributed by atoms with E-state index < -0.39 is 0 Å². The summed E-state index contributed by atoms with van der Waals surface area (Å²) >= 11 is 1.68. The van der Waals surface area contributed by atoms with E-state index in [2.05, 4.69) is 4.98 Å². The van der Waals surface area contributed by atoms with E-state index in [1.165, 1.54) is 4.88 Å². The number of rotatable bonds is 4. The molecule has 0 saturated heterocycles. The zero-order chi connectivity index (χ0) is 10.5. The van der Waals surface area contributed by atoms with Crippen molar-refractivity contribution < 1.29 is 5.11 Å². The van der Waals surface area contributed by atoms with Crippen LogP contribution in [-0.2, 0) is 12.8 Å². The predicted octanol–water partition coefficient (Wildman–Crippen LogP) is 2.29. The lowest BCUT2D eigenvalue weighted by Gasteiger charge is -2.08. The molecule has 0 aromatic carbocycles. The van der Waals surface area contributed by atoms with Crippen molar-refractivity contribution in [2.45, 2.75) is 18.9 Å². The summed E-state index contributed by atoms with van der Waals surface area (Å²) in [6, 6.07) is 9.83. The van der Waals surface area contributed by atoms with Crippen molar-refractivity contribution in [2.75, 3.05) is 0 Å². The van der Waals surface area contributed by atoms with Crippen LogP contribution in [0.3, 0.4) is 0 Å². The van der Waals surface area contributed by atoms with Crippen LogP contribution in [-0.4, -0.2) is 16.2 Å². The third kappa shape index (κ3) is 3.15. The molecule has 1 N–H and O–H groups in total. The van der Waals surface area contributed by atoms with Gasteiger partial charge in [-0.1, -0.05) is 12.1 Å². The summed E-state index contributed by atoms with van der Waals surface area (Å²) in [6.07, 6.45) is 2.76. The van der Waals surface area contributed by atoms with E-state index in [1.54, 1.807) is 17.5 Å². The van der Waals surface area contributed by atoms with Crippen LogP contribution in [0.15, 0.2) is 41.9 Å². The first-order valence-electron chi connectivity index (χ1n) is 4.95. The molecule has 1 atom stereocenters. The zero-order valence-corrected chi connectivity index (χ0v) is 9.15. The van der Waals surface area contributed by atoms with Gasteiger partial charge in [-0.3, -0.25) is 4.98 Å². The largest absolute Gasteiger partial charge is 0.392 e. The summed E-state index contributed by atoms with van der Waals surface area (Å²) in [7, 11) is 0. The molecule has 78 valence electrons. The van der Waals surface area contributed by atoms with E-state index in [-0.39, 0.29) is 6.10 Å². The molecular weight excluding hydrogens is 206 g/mol. The van der Waals surface area contributed by atoms with Gasteiger partial charge in [-0.2, -0.15) is 0 Å². The molecule has 0 aliphatic heterocycles. The first kappa shape index (κ1) is 10.3. The Hall–Kier alpha value is -1.19. The van der Waals surface area contributed by atoms with Gasteiger partial charge in [-0.05, 0) is 23.6 Å². The molecule has 2 nitrogen and oxygen atoms in total. The summed E-state index contributed by atoms with van der Waals surface area (Å²) in [5, 5.41) is 11.9. The summed E-state index contributed by atoms with van der Waals surface area (Å²) in [5.74, 6) is 0. The van der Waals surface area contributed by atoms with Crippen LogP contribution in [0.4, 0.5) is 0 Å². The van der Waals surface area contributed by atoms with Gasteiger partial charge in [-0.25, -0.2) is 0 Å². The lowest BCUT2D eigenvalue weighted by atomic mass is 10.1. The van der Waals surface area contributed by atoms with Crippen LogP contribution in [0.5, 0.6) is 0 Å². The molecule has 0 fully saturated rings. The number of nitrogens with zero attached hydrogens (tertiary/aromatic N) is 1. The van der Waals surface area contributed by atoms with Gasteiger partial charge in [0, 0.05) is 29.6 Å². The maximum absolute atomic E-state index is 9.84. The highest BCUT2D eigenvalue weighted by molar-refractivity contribution is 7.09. The summed E-state index contributed by atoms with van der Waals surface area (Å²) < 4.78 is 0. The highest BCUT2D eigenvalue weighted by Gasteiger charge is 2.07. The third-order valence-corrected chi connectivity index (χ3v) is 3.09. The van der Waals surface area contributed by atoms with Crippen LogP contribution in [0.25, 0.3) is 0 Å². The predicted molar refractivity (Wildman–Crippen MR) is 62.0 cm³/mol. The lowest BCUT2D eigenvalue weighted by molar-refractivity contribution is 0.175. The SMILES string of the molecule is OC(Cc1ccccn1)Cc1cccs1. The Morgan fingerprint density at radius 1 is 1.20 bits per heavy atom. The van der Waals surface area contributed by atoms with Crippen molar-refractivity contribution in [3.8, 4) is 0 Å². The van der Waals surface area contributed by atoms with Gasteiger partial charge >= 0.3 is 0 Å². The molecule has 0 aliphatic rings. The maximum Gasteiger partial charge on any atom is 0.0643 e. The minimum absolute atomic E-state index is 0.335. The summed E-state index contributed by atoms with van der Waals surface area (Å²) in [6.45, 7) is 0. The van der Waals surface area contributed by atoms with Gasteiger partial charge in [-0.15, -0.1) is 11.3 Å². The van der Waals surface area contributed by atoms with Gasteiger partial charge < -0.3 is 5.11 Å². The minimum Gasteiger partial charge on any atom is -0.392 e. The molecule has 2 rings (SSSR count). The monoisotopic (exact) mass is 219 g/mol. The van der Waals surface area contributed by atoms with E-state index in [4.69, 9.17) is 0 Å². The summed E-state index contributed by atoms with van der Waals surface area (Å²) in [4.78, 5) is 5.41. The highest BCUT2D eigenvalue weighted by Crippen LogP contribution is 2.12. The number of aromatic nitrogens is 1. The smallest absolute Gasteiger partial charge is 0.0643 e. The Bertz CT molecular complexity index is 385. The quantitative estimate of drug-likeness (QED) is 0.856. The molecule has 2 aromatic heterocycles. The Labute approximate surface area is 93.2 Å². The molecule has 0 aliphatic carbocycles. The van der Waals surface area contributed by atoms with Crippen molar-refractivity contribution in [3.63, 3.8) is 0 Å². The van der Waals surface area contributed by atoms with Crippen LogP contribution >= 0.6 is 11.3 Å². The molecule has 0 saturated carbocycles. The standard InChI is InChI=1S/C12H13NOS/c14-11(9-12-5-3-7-15-12)8-10-4-1-2-6-13-10/h1-7,11,14H,8-9H2. The molecular formula is C12H13NOS. The normalized spacial score (nSPS) is 12.6. The molecule has 15 heavy (non-hydrogen) atoms. The zero-order valence-electron chi connectivity index (χ0n) is 8.34. The molecule has 0 bridgehead atoms. The topological polar surface area (TPSA) is 33.1 Å². The third-order valence-electron chi connectivity index (χ3n) is 2.19. The Balaban J connectivity index is 1.90. The fraction of sp³-hybridized carbons (Fsp3) is 0.250. The molecule has 0 radical (unpaired) electrons. The van der Waals surface area contributed by atoms with E-state index >= 15 is 0 Å². The highest BCUT2D eigenvalue weighted by atomic mass is 32.1. The number of hydrogen-bond acceptors (Lipinski definition) is 3. The lowest BCUT2D eigenvalue weighted by Crippen LogP contribution is -2.13. The molecule has 3 heteroatoms. The van der Waals surface area contributed by atoms with E-state index in [0.717, 1.165) is 5.69 Å². The van der Waals surface area contributed by atoms with Crippen molar-refractivity contribution >= 4 is 11.3 Å². The average Bonchev–Trinajstić information content (AvgIpc) is 2.71. The fourth-order valence-corrected chi connectivity index (χ4v) is 2.27. The maximum atomic E-state index is 9.84. The molecule has 0 spiro atoms. The van der Waals surface area contributed by atoms with Crippen molar-refractivity contribution in [1.29, 1.82) is 0 Å². The molecule has 2 heterocycles. The second-order valence-corrected chi connectivity index (χ2v) is 4.49. The Morgan fingerprint density at radius 2 is 2.13 bits per heavy atom.